The molecule has 0 radical (unpaired) electrons. The van der Waals surface area contributed by atoms with Crippen LogP contribution >= 0.6 is 0 Å². The molecule has 0 bridgehead atoms. The number of piperazine rings is 1. The number of halogens is 6. The molecule has 2 aromatic carbocycles. The number of rotatable bonds is 6. The third-order valence-corrected chi connectivity index (χ3v) is 9.80. The Labute approximate surface area is 261 Å². The van der Waals surface area contributed by atoms with Gasteiger partial charge in [0.25, 0.3) is 0 Å². The van der Waals surface area contributed by atoms with E-state index in [0.29, 0.717) is 26.1 Å². The molecule has 0 saturated carbocycles. The number of aryl methyl sites for hydroxylation is 1. The number of fused-ring (bicyclic) bond motifs is 3. The zero-order valence-electron chi connectivity index (χ0n) is 25.7. The third-order valence-electron chi connectivity index (χ3n) is 9.80. The molecule has 3 saturated heterocycles. The molecule has 3 aliphatic rings. The summed E-state index contributed by atoms with van der Waals surface area (Å²) in [5.41, 5.74) is -3.59. The highest BCUT2D eigenvalue weighted by Gasteiger charge is 2.49. The van der Waals surface area contributed by atoms with Crippen LogP contribution in [0, 0.1) is 18.6 Å². The molecule has 14 heteroatoms. The Bertz CT molecular complexity index is 1810. The molecule has 3 aliphatic heterocycles. The molecule has 3 fully saturated rings. The van der Waals surface area contributed by atoms with E-state index in [2.05, 4.69) is 30.4 Å². The molecule has 0 aliphatic carbocycles. The lowest BCUT2D eigenvalue weighted by Gasteiger charge is -2.38. The number of nitrogens with one attached hydrogen (secondary N) is 2. The number of aromatic nitrogens is 4. The minimum absolute atomic E-state index is 0.0176. The van der Waals surface area contributed by atoms with Gasteiger partial charge in [-0.1, -0.05) is 6.92 Å². The van der Waals surface area contributed by atoms with Gasteiger partial charge in [-0.15, -0.1) is 0 Å². The summed E-state index contributed by atoms with van der Waals surface area (Å²) in [4.78, 5) is 13.0. The monoisotopic (exact) mass is 647 g/mol. The van der Waals surface area contributed by atoms with Gasteiger partial charge in [-0.25, -0.2) is 13.2 Å². The van der Waals surface area contributed by atoms with Gasteiger partial charge in [-0.2, -0.15) is 28.2 Å². The van der Waals surface area contributed by atoms with E-state index < -0.39 is 46.2 Å². The first-order valence-electron chi connectivity index (χ1n) is 15.7. The third kappa shape index (κ3) is 5.13. The van der Waals surface area contributed by atoms with Gasteiger partial charge in [0.15, 0.2) is 5.82 Å². The van der Waals surface area contributed by atoms with Gasteiger partial charge in [0, 0.05) is 54.5 Å². The number of hydrogen-bond acceptors (Lipinski definition) is 7. The molecule has 0 amide bonds. The minimum Gasteiger partial charge on any atom is -0.461 e. The summed E-state index contributed by atoms with van der Waals surface area (Å²) in [5.74, 6) is -2.22. The maximum absolute atomic E-state index is 16.8. The highest BCUT2D eigenvalue weighted by molar-refractivity contribution is 6.01. The van der Waals surface area contributed by atoms with Crippen molar-refractivity contribution in [1.29, 1.82) is 0 Å². The zero-order chi connectivity index (χ0) is 32.5. The molecule has 0 spiro atoms. The Morgan fingerprint density at radius 2 is 1.89 bits per heavy atom. The van der Waals surface area contributed by atoms with E-state index in [1.54, 1.807) is 0 Å². The van der Waals surface area contributed by atoms with Crippen LogP contribution in [-0.4, -0.2) is 81.6 Å². The molecule has 5 heterocycles. The van der Waals surface area contributed by atoms with Gasteiger partial charge in [0.2, 0.25) is 0 Å². The second-order valence-corrected chi connectivity index (χ2v) is 13.0. The van der Waals surface area contributed by atoms with Crippen LogP contribution in [0.25, 0.3) is 32.9 Å². The summed E-state index contributed by atoms with van der Waals surface area (Å²) in [6.07, 6.45) is -2.10. The Morgan fingerprint density at radius 1 is 1.09 bits per heavy atom. The fourth-order valence-corrected chi connectivity index (χ4v) is 7.79. The van der Waals surface area contributed by atoms with Crippen LogP contribution in [0.2, 0.25) is 0 Å². The average Bonchev–Trinajstić information content (AvgIpc) is 3.69. The molecule has 8 nitrogen and oxygen atoms in total. The van der Waals surface area contributed by atoms with E-state index >= 15 is 8.78 Å². The average molecular weight is 648 g/mol. The second-order valence-electron chi connectivity index (χ2n) is 13.0. The summed E-state index contributed by atoms with van der Waals surface area (Å²) in [6, 6.07) is 2.15. The maximum atomic E-state index is 16.8. The fourth-order valence-electron chi connectivity index (χ4n) is 7.79. The number of nitrogens with zero attached hydrogens (tertiary/aromatic N) is 5. The lowest BCUT2D eigenvalue weighted by Crippen LogP contribution is -2.55. The predicted octanol–water partition coefficient (Wildman–Crippen LogP) is 6.31. The van der Waals surface area contributed by atoms with Crippen molar-refractivity contribution in [2.24, 2.45) is 0 Å². The Hall–Kier alpha value is -3.65. The summed E-state index contributed by atoms with van der Waals surface area (Å²) >= 11 is 0. The van der Waals surface area contributed by atoms with Crippen LogP contribution in [0.3, 0.4) is 0 Å². The lowest BCUT2D eigenvalue weighted by atomic mass is 9.91. The number of benzene rings is 2. The second kappa shape index (κ2) is 11.3. The molecule has 2 aromatic heterocycles. The van der Waals surface area contributed by atoms with Crippen LogP contribution in [0.15, 0.2) is 18.3 Å². The predicted molar refractivity (Wildman–Crippen MR) is 162 cm³/mol. The molecular weight excluding hydrogens is 612 g/mol. The SMILES string of the molecule is CC[C@@H]1CN(c2nc(OC[C@@]34CCCN3C[C@H](F)C4)nc3c(F)c(-c4c(C(F)(F)F)c(C)cc5[nH]ncc45)c(F)cc23)C[C@@H](C)N1. The van der Waals surface area contributed by atoms with Crippen LogP contribution < -0.4 is 15.0 Å². The molecule has 7 rings (SSSR count). The number of anilines is 1. The molecule has 2 N–H and O–H groups in total. The Kier molecular flexibility index (Phi) is 7.58. The van der Waals surface area contributed by atoms with E-state index in [1.165, 1.54) is 13.0 Å². The van der Waals surface area contributed by atoms with Gasteiger partial charge in [0.1, 0.15) is 29.9 Å². The normalized spacial score (nSPS) is 25.6. The minimum atomic E-state index is -4.92. The van der Waals surface area contributed by atoms with Crippen molar-refractivity contribution in [3.05, 3.63) is 41.1 Å². The molecule has 46 heavy (non-hydrogen) atoms. The van der Waals surface area contributed by atoms with Gasteiger partial charge in [0.05, 0.1) is 28.4 Å². The largest absolute Gasteiger partial charge is 0.461 e. The first-order valence-corrected chi connectivity index (χ1v) is 15.7. The van der Waals surface area contributed by atoms with Crippen LogP contribution in [0.4, 0.5) is 32.2 Å². The first kappa shape index (κ1) is 31.0. The topological polar surface area (TPSA) is 82.2 Å². The van der Waals surface area contributed by atoms with Crippen LogP contribution in [0.1, 0.15) is 50.7 Å². The standard InChI is InChI=1S/C32H35F6N7O/c1-4-19-14-44(12-17(3)40-19)29-20-9-22(34)25(24-21-11-39-43-23(21)8-16(2)26(24)32(36,37)38)27(35)28(20)41-30(42-29)46-15-31-6-5-7-45(31)13-18(33)10-31/h8-9,11,17-19,40H,4-7,10,12-15H2,1-3H3,(H,39,43)/t17-,18-,19-,31+/m1/s1. The molecular formula is C32H35F6N7O. The number of alkyl halides is 4. The van der Waals surface area contributed by atoms with Crippen LogP contribution in [0.5, 0.6) is 6.01 Å². The highest BCUT2D eigenvalue weighted by atomic mass is 19.4. The van der Waals surface area contributed by atoms with Crippen molar-refractivity contribution in [3.8, 4) is 17.1 Å². The van der Waals surface area contributed by atoms with Crippen molar-refractivity contribution in [2.45, 2.75) is 76.4 Å². The van der Waals surface area contributed by atoms with Crippen molar-refractivity contribution < 1.29 is 31.1 Å². The maximum Gasteiger partial charge on any atom is 0.417 e. The van der Waals surface area contributed by atoms with Gasteiger partial charge in [-0.05, 0) is 57.4 Å². The van der Waals surface area contributed by atoms with E-state index in [1.807, 2.05) is 18.7 Å². The number of aromatic amines is 1. The quantitative estimate of drug-likeness (QED) is 0.238. The number of hydrogen-bond donors (Lipinski definition) is 2. The Morgan fingerprint density at radius 3 is 2.65 bits per heavy atom. The number of ether oxygens (including phenoxy) is 1. The summed E-state index contributed by atoms with van der Waals surface area (Å²) in [7, 11) is 0. The summed E-state index contributed by atoms with van der Waals surface area (Å²) in [5, 5.41) is 9.90. The van der Waals surface area contributed by atoms with E-state index in [-0.39, 0.29) is 57.9 Å². The van der Waals surface area contributed by atoms with Crippen LogP contribution in [-0.2, 0) is 6.18 Å². The Balaban J connectivity index is 1.42. The van der Waals surface area contributed by atoms with Crippen molar-refractivity contribution in [3.63, 3.8) is 0 Å². The van der Waals surface area contributed by atoms with Gasteiger partial charge < -0.3 is 15.0 Å². The molecule has 0 unspecified atom stereocenters. The van der Waals surface area contributed by atoms with Crippen molar-refractivity contribution >= 4 is 27.6 Å². The van der Waals surface area contributed by atoms with Crippen molar-refractivity contribution in [2.75, 3.05) is 37.7 Å². The summed E-state index contributed by atoms with van der Waals surface area (Å²) < 4.78 is 97.1. The molecule has 4 aromatic rings. The van der Waals surface area contributed by atoms with E-state index in [9.17, 15) is 17.6 Å². The van der Waals surface area contributed by atoms with Gasteiger partial charge >= 0.3 is 12.2 Å². The smallest absolute Gasteiger partial charge is 0.417 e. The molecule has 246 valence electrons. The highest BCUT2D eigenvalue weighted by Crippen LogP contribution is 2.46. The first-order chi connectivity index (χ1) is 21.9. The van der Waals surface area contributed by atoms with Gasteiger partial charge in [-0.3, -0.25) is 10.00 Å². The molecule has 4 atom stereocenters. The lowest BCUT2D eigenvalue weighted by molar-refractivity contribution is -0.137. The fraction of sp³-hybridized carbons (Fsp3) is 0.531. The summed E-state index contributed by atoms with van der Waals surface area (Å²) in [6.45, 7) is 7.30. The number of H-pyrrole nitrogens is 1. The van der Waals surface area contributed by atoms with E-state index in [4.69, 9.17) is 4.74 Å². The van der Waals surface area contributed by atoms with Crippen molar-refractivity contribution in [1.82, 2.24) is 30.4 Å². The zero-order valence-corrected chi connectivity index (χ0v) is 25.7. The van der Waals surface area contributed by atoms with E-state index in [0.717, 1.165) is 38.1 Å².